The van der Waals surface area contributed by atoms with E-state index < -0.39 is 39.4 Å². The van der Waals surface area contributed by atoms with E-state index in [-0.39, 0.29) is 25.2 Å². The molecule has 26 heavy (non-hydrogen) atoms. The number of ether oxygens (including phenoxy) is 1. The number of aliphatic carboxylic acids is 1. The number of morpholine rings is 1. The monoisotopic (exact) mass is 392 g/mol. The van der Waals surface area contributed by atoms with E-state index >= 15 is 0 Å². The normalized spacial score (nSPS) is 16.0. The van der Waals surface area contributed by atoms with E-state index in [2.05, 4.69) is 0 Å². The van der Waals surface area contributed by atoms with Gasteiger partial charge in [0.25, 0.3) is 5.78 Å². The van der Waals surface area contributed by atoms with Crippen molar-refractivity contribution in [3.63, 3.8) is 0 Å². The molecule has 1 rings (SSSR count). The maximum Gasteiger partial charge on any atom is 0.374 e. The molecule has 1 unspecified atom stereocenters. The third-order valence-corrected chi connectivity index (χ3v) is 4.63. The summed E-state index contributed by atoms with van der Waals surface area (Å²) in [6.45, 7) is 3.12. The Labute approximate surface area is 152 Å². The number of hydrogen-bond donors (Lipinski definition) is 1. The quantitative estimate of drug-likeness (QED) is 0.487. The smallest absolute Gasteiger partial charge is 0.374 e. The van der Waals surface area contributed by atoms with Crippen molar-refractivity contribution in [1.29, 1.82) is 0 Å². The van der Waals surface area contributed by atoms with Crippen molar-refractivity contribution in [2.75, 3.05) is 38.4 Å². The molecule has 0 spiro atoms. The van der Waals surface area contributed by atoms with E-state index in [0.29, 0.717) is 26.3 Å². The first-order chi connectivity index (χ1) is 12.1. The number of carbonyl (C=O) groups is 4. The van der Waals surface area contributed by atoms with Crippen LogP contribution in [0.4, 0.5) is 0 Å². The van der Waals surface area contributed by atoms with Crippen molar-refractivity contribution in [3.8, 4) is 0 Å². The molecule has 0 bridgehead atoms. The molecule has 1 atom stereocenters. The topological polar surface area (TPSA) is 138 Å². The third kappa shape index (κ3) is 6.71. The number of carboxylic acid groups (broad SMARTS) is 1. The van der Waals surface area contributed by atoms with Crippen molar-refractivity contribution in [3.05, 3.63) is 0 Å². The van der Waals surface area contributed by atoms with Crippen LogP contribution in [0.3, 0.4) is 0 Å². The van der Waals surface area contributed by atoms with Gasteiger partial charge in [0, 0.05) is 32.2 Å². The summed E-state index contributed by atoms with van der Waals surface area (Å²) in [6, 6.07) is -1.40. The van der Waals surface area contributed by atoms with Crippen LogP contribution in [-0.2, 0) is 33.8 Å². The Morgan fingerprint density at radius 2 is 1.73 bits per heavy atom. The molecule has 1 aliphatic heterocycles. The van der Waals surface area contributed by atoms with Gasteiger partial charge in [-0.25, -0.2) is 13.2 Å². The molecule has 10 nitrogen and oxygen atoms in total. The highest BCUT2D eigenvalue weighted by atomic mass is 32.2. The predicted molar refractivity (Wildman–Crippen MR) is 89.9 cm³/mol. The van der Waals surface area contributed by atoms with Gasteiger partial charge in [0.05, 0.1) is 13.2 Å². The fourth-order valence-corrected chi connectivity index (χ4v) is 3.44. The van der Waals surface area contributed by atoms with Gasteiger partial charge in [-0.2, -0.15) is 0 Å². The van der Waals surface area contributed by atoms with Crippen molar-refractivity contribution >= 4 is 33.4 Å². The number of hydrogen-bond acceptors (Lipinski definition) is 7. The summed E-state index contributed by atoms with van der Waals surface area (Å²) in [7, 11) is -3.69. The van der Waals surface area contributed by atoms with Crippen LogP contribution >= 0.6 is 0 Å². The molecule has 0 saturated carbocycles. The molecule has 1 aliphatic rings. The average molecular weight is 392 g/mol. The summed E-state index contributed by atoms with van der Waals surface area (Å²) in [5.41, 5.74) is 0. The molecule has 0 aromatic rings. The first-order valence-corrected chi connectivity index (χ1v) is 10.2. The Kier molecular flexibility index (Phi) is 8.15. The molecule has 148 valence electrons. The van der Waals surface area contributed by atoms with Gasteiger partial charge < -0.3 is 19.6 Å². The highest BCUT2D eigenvalue weighted by molar-refractivity contribution is 7.90. The molecule has 1 saturated heterocycles. The van der Waals surface area contributed by atoms with E-state index in [1.807, 2.05) is 0 Å². The molecule has 1 heterocycles. The Morgan fingerprint density at radius 3 is 2.19 bits per heavy atom. The lowest BCUT2D eigenvalue weighted by molar-refractivity contribution is -0.153. The number of carboxylic acids is 1. The largest absolute Gasteiger partial charge is 0.475 e. The molecule has 1 fully saturated rings. The lowest BCUT2D eigenvalue weighted by atomic mass is 10.1. The van der Waals surface area contributed by atoms with Gasteiger partial charge in [-0.05, 0) is 6.42 Å². The van der Waals surface area contributed by atoms with Gasteiger partial charge in [0.2, 0.25) is 11.8 Å². The minimum atomic E-state index is -3.69. The Balaban J connectivity index is 2.84. The van der Waals surface area contributed by atoms with E-state index in [1.165, 1.54) is 11.8 Å². The second kappa shape index (κ2) is 9.62. The molecule has 11 heteroatoms. The van der Waals surface area contributed by atoms with Crippen molar-refractivity contribution < 1.29 is 37.4 Å². The molecule has 0 radical (unpaired) electrons. The van der Waals surface area contributed by atoms with Crippen LogP contribution in [0, 0.1) is 0 Å². The molecule has 0 aromatic heterocycles. The minimum Gasteiger partial charge on any atom is -0.475 e. The first-order valence-electron chi connectivity index (χ1n) is 8.16. The Hall–Kier alpha value is -2.01. The number of sulfone groups is 1. The van der Waals surface area contributed by atoms with Crippen LogP contribution in [0.5, 0.6) is 0 Å². The minimum absolute atomic E-state index is 0.0518. The number of ketones is 1. The van der Waals surface area contributed by atoms with Crippen molar-refractivity contribution in [2.24, 2.45) is 0 Å². The fraction of sp³-hybridized carbons (Fsp3) is 0.733. The zero-order valence-corrected chi connectivity index (χ0v) is 15.7. The Morgan fingerprint density at radius 1 is 1.15 bits per heavy atom. The summed E-state index contributed by atoms with van der Waals surface area (Å²) in [5, 5.41) is 8.89. The second-order valence-electron chi connectivity index (χ2n) is 6.00. The van der Waals surface area contributed by atoms with Crippen LogP contribution in [0.2, 0.25) is 0 Å². The van der Waals surface area contributed by atoms with Gasteiger partial charge in [-0.15, -0.1) is 0 Å². The van der Waals surface area contributed by atoms with Gasteiger partial charge >= 0.3 is 5.97 Å². The third-order valence-electron chi connectivity index (χ3n) is 3.89. The highest BCUT2D eigenvalue weighted by Crippen LogP contribution is 2.12. The van der Waals surface area contributed by atoms with Gasteiger partial charge in [0.15, 0.2) is 9.84 Å². The number of carbonyl (C=O) groups excluding carboxylic acids is 3. The van der Waals surface area contributed by atoms with Crippen molar-refractivity contribution in [1.82, 2.24) is 9.80 Å². The molecule has 2 amide bonds. The SMILES string of the molecule is CCC(C(=O)C(=O)O)N(CS(C)(=O)=O)C(=O)CCC(=O)N1CCOCC1. The molecule has 0 aliphatic carbocycles. The summed E-state index contributed by atoms with van der Waals surface area (Å²) >= 11 is 0. The van der Waals surface area contributed by atoms with Gasteiger partial charge in [0.1, 0.15) is 11.9 Å². The summed E-state index contributed by atoms with van der Waals surface area (Å²) in [5.74, 6) is -4.82. The molecule has 0 aromatic carbocycles. The lowest BCUT2D eigenvalue weighted by Gasteiger charge is -2.29. The molecular weight excluding hydrogens is 368 g/mol. The van der Waals surface area contributed by atoms with E-state index in [4.69, 9.17) is 9.84 Å². The van der Waals surface area contributed by atoms with Crippen LogP contribution in [0.25, 0.3) is 0 Å². The zero-order valence-electron chi connectivity index (χ0n) is 14.8. The van der Waals surface area contributed by atoms with Gasteiger partial charge in [-0.1, -0.05) is 6.92 Å². The maximum atomic E-state index is 12.5. The van der Waals surface area contributed by atoms with Crippen LogP contribution in [0.1, 0.15) is 26.2 Å². The fourth-order valence-electron chi connectivity index (χ4n) is 2.61. The van der Waals surface area contributed by atoms with E-state index in [0.717, 1.165) is 11.2 Å². The lowest BCUT2D eigenvalue weighted by Crippen LogP contribution is -2.49. The first kappa shape index (κ1) is 22.0. The highest BCUT2D eigenvalue weighted by Gasteiger charge is 2.34. The van der Waals surface area contributed by atoms with E-state index in [9.17, 15) is 27.6 Å². The maximum absolute atomic E-state index is 12.5. The second-order valence-corrected chi connectivity index (χ2v) is 8.11. The average Bonchev–Trinajstić information content (AvgIpc) is 2.58. The van der Waals surface area contributed by atoms with Crippen molar-refractivity contribution in [2.45, 2.75) is 32.2 Å². The summed E-state index contributed by atoms with van der Waals surface area (Å²) in [6.07, 6.45) is 0.361. The number of rotatable bonds is 9. The zero-order chi connectivity index (χ0) is 19.9. The van der Waals surface area contributed by atoms with Gasteiger partial charge in [-0.3, -0.25) is 14.4 Å². The summed E-state index contributed by atoms with van der Waals surface area (Å²) in [4.78, 5) is 49.6. The standard InChI is InChI=1S/C15H24N2O8S/c1-3-11(14(20)15(21)22)17(10-26(2,23)24)13(19)5-4-12(18)16-6-8-25-9-7-16/h11H,3-10H2,1-2H3,(H,21,22). The summed E-state index contributed by atoms with van der Waals surface area (Å²) < 4.78 is 28.3. The van der Waals surface area contributed by atoms with E-state index in [1.54, 1.807) is 0 Å². The van der Waals surface area contributed by atoms with Crippen LogP contribution < -0.4 is 0 Å². The number of nitrogens with zero attached hydrogens (tertiary/aromatic N) is 2. The number of Topliss-reactive ketones (excluding diaryl/α,β-unsaturated/α-hetero) is 1. The number of amides is 2. The molecule has 1 N–H and O–H groups in total. The molecular formula is C15H24N2O8S. The van der Waals surface area contributed by atoms with Crippen LogP contribution in [0.15, 0.2) is 0 Å². The Bertz CT molecular complexity index is 655. The predicted octanol–water partition coefficient (Wildman–Crippen LogP) is -1.11. The van der Waals surface area contributed by atoms with Crippen LogP contribution in [-0.4, -0.2) is 91.4 Å².